The zero-order chi connectivity index (χ0) is 14.4. The highest BCUT2D eigenvalue weighted by atomic mass is 16.5. The molecule has 0 aromatic carbocycles. The van der Waals surface area contributed by atoms with Crippen molar-refractivity contribution in [2.45, 2.75) is 19.5 Å². The standard InChI is InChI=1S/C13H20N6O/c1-10(9-20-3)16-13(14-2)15-8-12-18-17-11-6-4-5-7-19(11)12/h4-7,10H,8-9H2,1-3H3,(H2,14,15,16). The van der Waals surface area contributed by atoms with Gasteiger partial charge in [0.2, 0.25) is 0 Å². The van der Waals surface area contributed by atoms with Crippen molar-refractivity contribution in [1.82, 2.24) is 25.2 Å². The van der Waals surface area contributed by atoms with Gasteiger partial charge in [-0.05, 0) is 19.1 Å². The number of aromatic nitrogens is 3. The van der Waals surface area contributed by atoms with Crippen LogP contribution in [0.4, 0.5) is 0 Å². The Morgan fingerprint density at radius 3 is 3.05 bits per heavy atom. The van der Waals surface area contributed by atoms with Crippen molar-refractivity contribution in [3.8, 4) is 0 Å². The molecule has 108 valence electrons. The van der Waals surface area contributed by atoms with Crippen LogP contribution < -0.4 is 10.6 Å². The monoisotopic (exact) mass is 276 g/mol. The molecular weight excluding hydrogens is 256 g/mol. The number of nitrogens with zero attached hydrogens (tertiary/aromatic N) is 4. The predicted octanol–water partition coefficient (Wildman–Crippen LogP) is 0.429. The SMILES string of the molecule is CN=C(NCc1nnc2ccccn12)NC(C)COC. The van der Waals surface area contributed by atoms with Gasteiger partial charge in [-0.1, -0.05) is 6.07 Å². The van der Waals surface area contributed by atoms with E-state index in [4.69, 9.17) is 4.74 Å². The van der Waals surface area contributed by atoms with Gasteiger partial charge in [0.15, 0.2) is 17.4 Å². The van der Waals surface area contributed by atoms with Gasteiger partial charge >= 0.3 is 0 Å². The van der Waals surface area contributed by atoms with E-state index in [9.17, 15) is 0 Å². The van der Waals surface area contributed by atoms with E-state index in [2.05, 4.69) is 25.8 Å². The molecule has 2 aromatic rings. The smallest absolute Gasteiger partial charge is 0.191 e. The zero-order valence-corrected chi connectivity index (χ0v) is 12.0. The van der Waals surface area contributed by atoms with Gasteiger partial charge in [-0.3, -0.25) is 9.39 Å². The minimum Gasteiger partial charge on any atom is -0.383 e. The summed E-state index contributed by atoms with van der Waals surface area (Å²) in [5.74, 6) is 1.55. The molecule has 0 bridgehead atoms. The van der Waals surface area contributed by atoms with Crippen molar-refractivity contribution < 1.29 is 4.74 Å². The second-order valence-corrected chi connectivity index (χ2v) is 4.47. The molecule has 0 aliphatic heterocycles. The molecule has 0 aliphatic carbocycles. The fourth-order valence-electron chi connectivity index (χ4n) is 1.89. The summed E-state index contributed by atoms with van der Waals surface area (Å²) in [6, 6.07) is 5.99. The number of guanidine groups is 1. The number of aliphatic imine (C=N–C) groups is 1. The van der Waals surface area contributed by atoms with Crippen molar-refractivity contribution in [3.05, 3.63) is 30.2 Å². The number of rotatable bonds is 5. The minimum absolute atomic E-state index is 0.182. The summed E-state index contributed by atoms with van der Waals surface area (Å²) in [6.07, 6.45) is 1.94. The molecule has 20 heavy (non-hydrogen) atoms. The number of ether oxygens (including phenoxy) is 1. The molecule has 0 saturated heterocycles. The topological polar surface area (TPSA) is 75.8 Å². The average Bonchev–Trinajstić information content (AvgIpc) is 2.87. The number of hydrogen-bond acceptors (Lipinski definition) is 4. The molecule has 2 N–H and O–H groups in total. The first-order chi connectivity index (χ1) is 9.74. The largest absolute Gasteiger partial charge is 0.383 e. The molecule has 1 atom stereocenters. The predicted molar refractivity (Wildman–Crippen MR) is 77.7 cm³/mol. The number of pyridine rings is 1. The van der Waals surface area contributed by atoms with Crippen molar-refractivity contribution >= 4 is 11.6 Å². The lowest BCUT2D eigenvalue weighted by Gasteiger charge is -2.16. The summed E-state index contributed by atoms with van der Waals surface area (Å²) < 4.78 is 7.03. The molecule has 1 unspecified atom stereocenters. The first kappa shape index (κ1) is 14.3. The fraction of sp³-hybridized carbons (Fsp3) is 0.462. The molecule has 7 nitrogen and oxygen atoms in total. The van der Waals surface area contributed by atoms with Crippen molar-refractivity contribution in [3.63, 3.8) is 0 Å². The maximum absolute atomic E-state index is 5.09. The van der Waals surface area contributed by atoms with Crippen LogP contribution in [0.5, 0.6) is 0 Å². The number of nitrogens with one attached hydrogen (secondary N) is 2. The van der Waals surface area contributed by atoms with E-state index < -0.39 is 0 Å². The van der Waals surface area contributed by atoms with Gasteiger partial charge in [-0.2, -0.15) is 0 Å². The van der Waals surface area contributed by atoms with Crippen LogP contribution in [-0.4, -0.2) is 47.4 Å². The minimum atomic E-state index is 0.182. The lowest BCUT2D eigenvalue weighted by atomic mass is 10.4. The molecule has 0 fully saturated rings. The number of methoxy groups -OCH3 is 1. The molecule has 2 aromatic heterocycles. The quantitative estimate of drug-likeness (QED) is 0.612. The summed E-state index contributed by atoms with van der Waals surface area (Å²) >= 11 is 0. The Balaban J connectivity index is 1.96. The van der Waals surface area contributed by atoms with Crippen molar-refractivity contribution in [1.29, 1.82) is 0 Å². The van der Waals surface area contributed by atoms with Crippen molar-refractivity contribution in [2.24, 2.45) is 4.99 Å². The number of hydrogen-bond donors (Lipinski definition) is 2. The van der Waals surface area contributed by atoms with Gasteiger partial charge in [0, 0.05) is 26.4 Å². The Kier molecular flexibility index (Phi) is 4.89. The Labute approximate surface area is 118 Å². The molecule has 7 heteroatoms. The summed E-state index contributed by atoms with van der Waals surface area (Å²) in [4.78, 5) is 4.17. The molecule has 0 aliphatic rings. The third-order valence-corrected chi connectivity index (χ3v) is 2.82. The maximum Gasteiger partial charge on any atom is 0.191 e. The lowest BCUT2D eigenvalue weighted by Crippen LogP contribution is -2.43. The van der Waals surface area contributed by atoms with E-state index in [1.54, 1.807) is 14.2 Å². The summed E-state index contributed by atoms with van der Waals surface area (Å²) in [5.41, 5.74) is 0.833. The Morgan fingerprint density at radius 2 is 2.30 bits per heavy atom. The third-order valence-electron chi connectivity index (χ3n) is 2.82. The Bertz CT molecular complexity index is 579. The first-order valence-electron chi connectivity index (χ1n) is 6.49. The van der Waals surface area contributed by atoms with Crippen LogP contribution in [0, 0.1) is 0 Å². The number of fused-ring (bicyclic) bond motifs is 1. The normalized spacial score (nSPS) is 13.4. The van der Waals surface area contributed by atoms with Gasteiger partial charge < -0.3 is 15.4 Å². The van der Waals surface area contributed by atoms with Gasteiger partial charge in [-0.25, -0.2) is 0 Å². The van der Waals surface area contributed by atoms with E-state index in [0.717, 1.165) is 11.5 Å². The molecule has 0 spiro atoms. The van der Waals surface area contributed by atoms with Gasteiger partial charge in [0.1, 0.15) is 0 Å². The van der Waals surface area contributed by atoms with Crippen LogP contribution in [0.25, 0.3) is 5.65 Å². The summed E-state index contributed by atoms with van der Waals surface area (Å²) in [7, 11) is 3.41. The van der Waals surface area contributed by atoms with Gasteiger partial charge in [-0.15, -0.1) is 10.2 Å². The van der Waals surface area contributed by atoms with Crippen LogP contribution in [0.2, 0.25) is 0 Å². The van der Waals surface area contributed by atoms with Gasteiger partial charge in [0.25, 0.3) is 0 Å². The van der Waals surface area contributed by atoms with E-state index in [1.165, 1.54) is 0 Å². The molecular formula is C13H20N6O. The first-order valence-corrected chi connectivity index (χ1v) is 6.49. The van der Waals surface area contributed by atoms with E-state index in [1.807, 2.05) is 35.7 Å². The van der Waals surface area contributed by atoms with Gasteiger partial charge in [0.05, 0.1) is 13.2 Å². The van der Waals surface area contributed by atoms with Crippen molar-refractivity contribution in [2.75, 3.05) is 20.8 Å². The maximum atomic E-state index is 5.09. The molecule has 0 radical (unpaired) electrons. The molecule has 2 heterocycles. The Morgan fingerprint density at radius 1 is 1.45 bits per heavy atom. The zero-order valence-electron chi connectivity index (χ0n) is 12.0. The Hall–Kier alpha value is -2.15. The third kappa shape index (κ3) is 3.45. The molecule has 0 amide bonds. The van der Waals surface area contributed by atoms with Crippen LogP contribution in [0.1, 0.15) is 12.7 Å². The average molecular weight is 276 g/mol. The highest BCUT2D eigenvalue weighted by Gasteiger charge is 2.07. The lowest BCUT2D eigenvalue weighted by molar-refractivity contribution is 0.179. The summed E-state index contributed by atoms with van der Waals surface area (Å²) in [5, 5.41) is 14.7. The fourth-order valence-corrected chi connectivity index (χ4v) is 1.89. The second-order valence-electron chi connectivity index (χ2n) is 4.47. The summed E-state index contributed by atoms with van der Waals surface area (Å²) in [6.45, 7) is 3.20. The highest BCUT2D eigenvalue weighted by Crippen LogP contribution is 2.02. The van der Waals surface area contributed by atoms with Crippen LogP contribution in [-0.2, 0) is 11.3 Å². The highest BCUT2D eigenvalue weighted by molar-refractivity contribution is 5.79. The van der Waals surface area contributed by atoms with E-state index >= 15 is 0 Å². The molecule has 2 rings (SSSR count). The van der Waals surface area contributed by atoms with Crippen LogP contribution in [0.3, 0.4) is 0 Å². The van der Waals surface area contributed by atoms with E-state index in [0.29, 0.717) is 19.1 Å². The second kappa shape index (κ2) is 6.85. The van der Waals surface area contributed by atoms with Crippen LogP contribution >= 0.6 is 0 Å². The molecule has 0 saturated carbocycles. The van der Waals surface area contributed by atoms with E-state index in [-0.39, 0.29) is 6.04 Å². The van der Waals surface area contributed by atoms with Crippen LogP contribution in [0.15, 0.2) is 29.4 Å².